The van der Waals surface area contributed by atoms with Crippen molar-refractivity contribution >= 4 is 62.3 Å². The van der Waals surface area contributed by atoms with Gasteiger partial charge in [0.05, 0.1) is 28.5 Å². The van der Waals surface area contributed by atoms with Crippen molar-refractivity contribution in [3.63, 3.8) is 0 Å². The summed E-state index contributed by atoms with van der Waals surface area (Å²) < 4.78 is 14.0. The van der Waals surface area contributed by atoms with E-state index in [1.165, 1.54) is 16.9 Å². The van der Waals surface area contributed by atoms with Gasteiger partial charge >= 0.3 is 12.1 Å². The van der Waals surface area contributed by atoms with Gasteiger partial charge in [-0.25, -0.2) is 19.6 Å². The summed E-state index contributed by atoms with van der Waals surface area (Å²) in [5.74, 6) is -0.847. The molecule has 78 heavy (non-hydrogen) atoms. The Kier molecular flexibility index (Phi) is 15.8. The van der Waals surface area contributed by atoms with Crippen LogP contribution >= 0.6 is 11.3 Å². The number of carboxylic acid groups (broad SMARTS) is 1. The van der Waals surface area contributed by atoms with Crippen LogP contribution < -0.4 is 15.5 Å². The zero-order chi connectivity index (χ0) is 55.0. The molecule has 0 radical (unpaired) electrons. The lowest BCUT2D eigenvalue weighted by molar-refractivity contribution is -0.159. The number of benzene rings is 3. The molecule has 15 nitrogen and oxygen atoms in total. The number of nitrogens with one attached hydrogen (secondary N) is 2. The number of thiazole rings is 1. The Morgan fingerprint density at radius 2 is 1.77 bits per heavy atom. The van der Waals surface area contributed by atoms with E-state index < -0.39 is 30.4 Å². The molecular formula is C62H77N7O8S. The van der Waals surface area contributed by atoms with Gasteiger partial charge in [-0.1, -0.05) is 73.2 Å². The molecule has 5 aromatic rings. The summed E-state index contributed by atoms with van der Waals surface area (Å²) in [5, 5.41) is 37.5. The second kappa shape index (κ2) is 22.2. The van der Waals surface area contributed by atoms with Crippen molar-refractivity contribution in [1.82, 2.24) is 20.2 Å². The van der Waals surface area contributed by atoms with Crippen molar-refractivity contribution < 1.29 is 39.2 Å². The summed E-state index contributed by atoms with van der Waals surface area (Å²) in [6.07, 6.45) is 11.3. The van der Waals surface area contributed by atoms with E-state index in [4.69, 9.17) is 19.5 Å². The SMILES string of the molecule is CNCCCCc1ccc(COC(=O)N(CCC(O)CO)COC23CC4(CCN=CC(=C(C)C)c5ccc(N6CCc7cccc(C(=O)Nc8nc9ccccc9s8)c7C6)nc5C(=O)O)CC5(C)CC(C)(C2)C5(C4)C3)c(C)c1. The molecule has 4 fully saturated rings. The maximum Gasteiger partial charge on any atom is 0.411 e. The van der Waals surface area contributed by atoms with Crippen molar-refractivity contribution in [1.29, 1.82) is 0 Å². The minimum absolute atomic E-state index is 0.0241. The van der Waals surface area contributed by atoms with Crippen LogP contribution in [0.5, 0.6) is 0 Å². The second-order valence-electron chi connectivity index (χ2n) is 24.1. The molecule has 3 bridgehead atoms. The number of aromatic nitrogens is 2. The average Bonchev–Trinajstić information content (AvgIpc) is 1.72. The van der Waals surface area contributed by atoms with Crippen molar-refractivity contribution in [3.05, 3.63) is 123 Å². The van der Waals surface area contributed by atoms with Gasteiger partial charge in [-0.05, 0) is 191 Å². The number of fused-ring (bicyclic) bond motifs is 4. The fourth-order valence-electron chi connectivity index (χ4n) is 15.2. The van der Waals surface area contributed by atoms with E-state index in [0.29, 0.717) is 48.1 Å². The third kappa shape index (κ3) is 10.7. The maximum atomic E-state index is 13.9. The zero-order valence-corrected chi connectivity index (χ0v) is 47.1. The summed E-state index contributed by atoms with van der Waals surface area (Å²) in [5.41, 5.74) is 8.63. The van der Waals surface area contributed by atoms with Gasteiger partial charge in [-0.2, -0.15) is 0 Å². The number of hydrogen-bond acceptors (Lipinski definition) is 13. The van der Waals surface area contributed by atoms with Gasteiger partial charge in [-0.3, -0.25) is 20.0 Å². The summed E-state index contributed by atoms with van der Waals surface area (Å²) in [6, 6.07) is 23.6. The second-order valence-corrected chi connectivity index (χ2v) is 25.1. The van der Waals surface area contributed by atoms with Crippen molar-refractivity contribution in [3.8, 4) is 0 Å². The lowest BCUT2D eigenvalue weighted by Gasteiger charge is -2.64. The van der Waals surface area contributed by atoms with Gasteiger partial charge in [0.25, 0.3) is 5.91 Å². The molecule has 5 N–H and O–H groups in total. The third-order valence-corrected chi connectivity index (χ3v) is 19.4. The van der Waals surface area contributed by atoms with Crippen LogP contribution in [0.2, 0.25) is 0 Å². The molecule has 414 valence electrons. The van der Waals surface area contributed by atoms with Gasteiger partial charge in [0.15, 0.2) is 10.8 Å². The number of nitrogens with zero attached hydrogens (tertiary/aromatic N) is 5. The van der Waals surface area contributed by atoms with Crippen LogP contribution in [0.4, 0.5) is 15.7 Å². The van der Waals surface area contributed by atoms with E-state index in [-0.39, 0.29) is 59.6 Å². The molecular weight excluding hydrogens is 1000 g/mol. The first-order valence-electron chi connectivity index (χ1n) is 27.9. The predicted molar refractivity (Wildman–Crippen MR) is 306 cm³/mol. The van der Waals surface area contributed by atoms with Crippen LogP contribution in [-0.4, -0.2) is 113 Å². The van der Waals surface area contributed by atoms with Gasteiger partial charge < -0.3 is 35.0 Å². The number of hydrogen-bond donors (Lipinski definition) is 5. The molecule has 6 atom stereocenters. The van der Waals surface area contributed by atoms with E-state index in [9.17, 15) is 29.7 Å². The molecule has 16 heteroatoms. The van der Waals surface area contributed by atoms with Crippen LogP contribution in [0.25, 0.3) is 15.8 Å². The average molecular weight is 1080 g/mol. The number of pyridine rings is 1. The number of carbonyl (C=O) groups is 3. The van der Waals surface area contributed by atoms with E-state index in [0.717, 1.165) is 114 Å². The predicted octanol–water partition coefficient (Wildman–Crippen LogP) is 10.8. The quantitative estimate of drug-likeness (QED) is 0.0236. The third-order valence-electron chi connectivity index (χ3n) is 18.5. The Bertz CT molecular complexity index is 3120. The number of aliphatic hydroxyl groups excluding tert-OH is 2. The van der Waals surface area contributed by atoms with Crippen molar-refractivity contribution in [2.24, 2.45) is 26.7 Å². The molecule has 4 aliphatic carbocycles. The molecule has 10 rings (SSSR count). The Morgan fingerprint density at radius 3 is 2.54 bits per heavy atom. The first-order chi connectivity index (χ1) is 37.4. The van der Waals surface area contributed by atoms with Gasteiger partial charge in [-0.15, -0.1) is 0 Å². The number of aliphatic hydroxyl groups is 2. The van der Waals surface area contributed by atoms with Crippen LogP contribution in [0.15, 0.2) is 83.4 Å². The number of aliphatic imine (C=N–C) groups is 1. The molecule has 1 spiro atoms. The Morgan fingerprint density at radius 1 is 0.949 bits per heavy atom. The molecule has 6 unspecified atom stereocenters. The topological polar surface area (TPSA) is 199 Å². The highest BCUT2D eigenvalue weighted by molar-refractivity contribution is 7.22. The number of aromatic carboxylic acids is 1. The van der Waals surface area contributed by atoms with Gasteiger partial charge in [0.2, 0.25) is 0 Å². The molecule has 0 saturated heterocycles. The fraction of sp³-hybridized carbons (Fsp3) is 0.516. The monoisotopic (exact) mass is 1080 g/mol. The van der Waals surface area contributed by atoms with E-state index in [1.54, 1.807) is 4.90 Å². The largest absolute Gasteiger partial charge is 0.476 e. The molecule has 2 aromatic heterocycles. The number of para-hydroxylation sites is 1. The Balaban J connectivity index is 0.809. The minimum atomic E-state index is -1.13. The summed E-state index contributed by atoms with van der Waals surface area (Å²) >= 11 is 1.43. The van der Waals surface area contributed by atoms with Crippen LogP contribution in [-0.2, 0) is 35.5 Å². The Hall–Kier alpha value is -6.04. The normalized spacial score (nSPS) is 24.9. The summed E-state index contributed by atoms with van der Waals surface area (Å²) in [6.45, 7) is 13.4. The number of anilines is 2. The zero-order valence-electron chi connectivity index (χ0n) is 46.3. The van der Waals surface area contributed by atoms with Crippen molar-refractivity contribution in [2.75, 3.05) is 56.8 Å². The maximum absolute atomic E-state index is 13.9. The highest BCUT2D eigenvalue weighted by atomic mass is 32.1. The number of carbonyl (C=O) groups excluding carboxylic acids is 2. The number of carboxylic acids is 1. The molecule has 1 aliphatic heterocycles. The number of ether oxygens (including phenoxy) is 2. The van der Waals surface area contributed by atoms with E-state index in [2.05, 4.69) is 41.6 Å². The van der Waals surface area contributed by atoms with Crippen LogP contribution in [0.3, 0.4) is 0 Å². The standard InChI is InChI=1S/C62H77N7O8S/c1-40(2)48(46-19-20-52(66-53(46)55(73)74)68-26-21-43-13-11-14-47(49(43)30-68)54(72)67-56-65-50-15-7-8-16-51(50)78-56)29-64-25-23-60-34-58(4)33-59(5)35-61(36-60,38-62(58,59)37-60)77-39-69(27-22-45(71)31-70)57(75)76-32-44-18-17-42(28-41(44)3)12-9-10-24-63-6/h7-8,11,13-20,28-29,45,63,70-71H,9-10,12,21-27,30-39H2,1-6H3,(H,73,74)(H,65,67,72). The number of rotatable bonds is 23. The van der Waals surface area contributed by atoms with Crippen LogP contribution in [0.1, 0.15) is 146 Å². The molecule has 5 aliphatic rings. The fourth-order valence-corrected chi connectivity index (χ4v) is 16.0. The number of allylic oxidation sites excluding steroid dienone is 2. The van der Waals surface area contributed by atoms with Gasteiger partial charge in [0.1, 0.15) is 19.2 Å². The minimum Gasteiger partial charge on any atom is -0.476 e. The molecule has 4 saturated carbocycles. The van der Waals surface area contributed by atoms with E-state index >= 15 is 0 Å². The number of unbranched alkanes of at least 4 members (excludes halogenated alkanes) is 1. The number of amides is 2. The summed E-state index contributed by atoms with van der Waals surface area (Å²) in [7, 11) is 1.97. The lowest BCUT2D eigenvalue weighted by Crippen LogP contribution is -2.57. The van der Waals surface area contributed by atoms with Gasteiger partial charge in [0, 0.05) is 49.1 Å². The first-order valence-corrected chi connectivity index (χ1v) is 28.7. The summed E-state index contributed by atoms with van der Waals surface area (Å²) in [4.78, 5) is 58.8. The highest BCUT2D eigenvalue weighted by Crippen LogP contribution is 2.90. The Labute approximate surface area is 462 Å². The highest BCUT2D eigenvalue weighted by Gasteiger charge is 2.84. The number of aryl methyl sites for hydroxylation is 2. The lowest BCUT2D eigenvalue weighted by atomic mass is 9.40. The van der Waals surface area contributed by atoms with Crippen molar-refractivity contribution in [2.45, 2.75) is 137 Å². The van der Waals surface area contributed by atoms with E-state index in [1.807, 2.05) is 99.6 Å². The smallest absolute Gasteiger partial charge is 0.411 e. The molecule has 2 amide bonds. The molecule has 3 heterocycles. The molecule has 3 aromatic carbocycles. The van der Waals surface area contributed by atoms with Crippen LogP contribution in [0, 0.1) is 28.6 Å². The first kappa shape index (κ1) is 55.3.